The highest BCUT2D eigenvalue weighted by molar-refractivity contribution is 5.85. The predicted octanol–water partition coefficient (Wildman–Crippen LogP) is 2.29. The Morgan fingerprint density at radius 3 is 2.65 bits per heavy atom. The van der Waals surface area contributed by atoms with E-state index in [0.29, 0.717) is 13.0 Å². The Kier molecular flexibility index (Phi) is 4.32. The van der Waals surface area contributed by atoms with Crippen LogP contribution in [0.15, 0.2) is 12.7 Å². The van der Waals surface area contributed by atoms with Gasteiger partial charge in [0, 0.05) is 18.9 Å². The van der Waals surface area contributed by atoms with Gasteiger partial charge in [0.25, 0.3) is 0 Å². The number of rotatable bonds is 5. The van der Waals surface area contributed by atoms with Crippen LogP contribution in [0.25, 0.3) is 0 Å². The molecule has 1 aliphatic rings. The van der Waals surface area contributed by atoms with Crippen molar-refractivity contribution in [3.05, 3.63) is 12.7 Å². The minimum absolute atomic E-state index is 0.0999. The van der Waals surface area contributed by atoms with Crippen molar-refractivity contribution in [2.75, 3.05) is 6.54 Å². The van der Waals surface area contributed by atoms with Crippen LogP contribution in [-0.2, 0) is 9.53 Å². The molecule has 0 unspecified atom stereocenters. The lowest BCUT2D eigenvalue weighted by Gasteiger charge is -2.19. The fourth-order valence-corrected chi connectivity index (χ4v) is 1.69. The second kappa shape index (κ2) is 5.34. The molecule has 0 heterocycles. The van der Waals surface area contributed by atoms with E-state index < -0.39 is 11.7 Å². The zero-order valence-electron chi connectivity index (χ0n) is 10.8. The van der Waals surface area contributed by atoms with Gasteiger partial charge in [0.2, 0.25) is 0 Å². The molecule has 0 aromatic carbocycles. The maximum Gasteiger partial charge on any atom is 0.407 e. The monoisotopic (exact) mass is 239 g/mol. The Morgan fingerprint density at radius 2 is 2.12 bits per heavy atom. The summed E-state index contributed by atoms with van der Waals surface area (Å²) in [5, 5.41) is 2.69. The molecule has 1 aliphatic carbocycles. The Morgan fingerprint density at radius 1 is 1.47 bits per heavy atom. The van der Waals surface area contributed by atoms with Crippen LogP contribution in [0, 0.1) is 11.8 Å². The van der Waals surface area contributed by atoms with Gasteiger partial charge in [-0.05, 0) is 33.1 Å². The number of nitrogens with one attached hydrogen (secondary N) is 1. The summed E-state index contributed by atoms with van der Waals surface area (Å²) in [6.07, 6.45) is 2.49. The third kappa shape index (κ3) is 5.02. The number of ether oxygens (including phenoxy) is 1. The number of hydrogen-bond acceptors (Lipinski definition) is 3. The van der Waals surface area contributed by atoms with Crippen LogP contribution in [0.4, 0.5) is 4.79 Å². The van der Waals surface area contributed by atoms with Crippen molar-refractivity contribution in [1.29, 1.82) is 0 Å². The molecule has 1 fully saturated rings. The van der Waals surface area contributed by atoms with E-state index in [9.17, 15) is 9.59 Å². The zero-order valence-corrected chi connectivity index (χ0v) is 10.8. The van der Waals surface area contributed by atoms with Crippen molar-refractivity contribution in [2.24, 2.45) is 11.8 Å². The smallest absolute Gasteiger partial charge is 0.407 e. The number of carbonyl (C=O) groups is 2. The summed E-state index contributed by atoms with van der Waals surface area (Å²) >= 11 is 0. The lowest BCUT2D eigenvalue weighted by atomic mass is 10.1. The molecule has 2 atom stereocenters. The molecular formula is C13H21NO3. The number of ketones is 1. The molecule has 1 amide bonds. The van der Waals surface area contributed by atoms with Crippen molar-refractivity contribution in [1.82, 2.24) is 5.32 Å². The molecular weight excluding hydrogens is 218 g/mol. The van der Waals surface area contributed by atoms with Crippen LogP contribution >= 0.6 is 0 Å². The molecule has 1 saturated carbocycles. The highest BCUT2D eigenvalue weighted by Gasteiger charge is 2.41. The second-order valence-electron chi connectivity index (χ2n) is 5.44. The number of allylic oxidation sites excluding steroid dienone is 1. The molecule has 4 nitrogen and oxygen atoms in total. The molecule has 0 aromatic heterocycles. The fraction of sp³-hybridized carbons (Fsp3) is 0.692. The Balaban J connectivity index is 2.19. The third-order valence-corrected chi connectivity index (χ3v) is 2.59. The van der Waals surface area contributed by atoms with Gasteiger partial charge in [-0.1, -0.05) is 6.08 Å². The SMILES string of the molecule is C=CCC(=O)[C@H]1C[C@H]1CNC(=O)OC(C)(C)C. The van der Waals surface area contributed by atoms with E-state index in [1.807, 2.05) is 20.8 Å². The van der Waals surface area contributed by atoms with Gasteiger partial charge in [-0.25, -0.2) is 4.79 Å². The van der Waals surface area contributed by atoms with Crippen LogP contribution < -0.4 is 5.32 Å². The van der Waals surface area contributed by atoms with Gasteiger partial charge >= 0.3 is 6.09 Å². The summed E-state index contributed by atoms with van der Waals surface area (Å²) in [5.41, 5.74) is -0.480. The van der Waals surface area contributed by atoms with E-state index in [2.05, 4.69) is 11.9 Å². The fourth-order valence-electron chi connectivity index (χ4n) is 1.69. The second-order valence-corrected chi connectivity index (χ2v) is 5.44. The Bertz CT molecular complexity index is 317. The molecule has 4 heteroatoms. The number of amides is 1. The van der Waals surface area contributed by atoms with Gasteiger partial charge < -0.3 is 10.1 Å². The normalized spacial score (nSPS) is 22.8. The molecule has 0 aromatic rings. The lowest BCUT2D eigenvalue weighted by molar-refractivity contribution is -0.119. The van der Waals surface area contributed by atoms with E-state index in [1.165, 1.54) is 0 Å². The number of hydrogen-bond donors (Lipinski definition) is 1. The van der Waals surface area contributed by atoms with Crippen molar-refractivity contribution >= 4 is 11.9 Å². The average molecular weight is 239 g/mol. The van der Waals surface area contributed by atoms with Crippen LogP contribution in [0.2, 0.25) is 0 Å². The molecule has 0 saturated heterocycles. The first-order valence-electron chi connectivity index (χ1n) is 5.94. The van der Waals surface area contributed by atoms with E-state index in [1.54, 1.807) is 6.08 Å². The third-order valence-electron chi connectivity index (χ3n) is 2.59. The number of alkyl carbamates (subject to hydrolysis) is 1. The lowest BCUT2D eigenvalue weighted by Crippen LogP contribution is -2.33. The predicted molar refractivity (Wildman–Crippen MR) is 65.7 cm³/mol. The van der Waals surface area contributed by atoms with Crippen LogP contribution in [0.5, 0.6) is 0 Å². The quantitative estimate of drug-likeness (QED) is 0.749. The molecule has 0 aliphatic heterocycles. The van der Waals surface area contributed by atoms with Crippen LogP contribution in [0.1, 0.15) is 33.6 Å². The average Bonchev–Trinajstić information content (AvgIpc) is 2.91. The maximum atomic E-state index is 11.5. The van der Waals surface area contributed by atoms with E-state index in [-0.39, 0.29) is 17.6 Å². The number of Topliss-reactive ketones (excluding diaryl/α,β-unsaturated/α-hetero) is 1. The van der Waals surface area contributed by atoms with Gasteiger partial charge in [-0.15, -0.1) is 6.58 Å². The van der Waals surface area contributed by atoms with Gasteiger partial charge in [0.05, 0.1) is 0 Å². The molecule has 0 spiro atoms. The van der Waals surface area contributed by atoms with Crippen molar-refractivity contribution in [3.63, 3.8) is 0 Å². The Labute approximate surface area is 102 Å². The molecule has 96 valence electrons. The minimum Gasteiger partial charge on any atom is -0.444 e. The highest BCUT2D eigenvalue weighted by atomic mass is 16.6. The van der Waals surface area contributed by atoms with Crippen molar-refractivity contribution in [2.45, 2.75) is 39.2 Å². The summed E-state index contributed by atoms with van der Waals surface area (Å²) in [7, 11) is 0. The largest absolute Gasteiger partial charge is 0.444 e. The van der Waals surface area contributed by atoms with E-state index >= 15 is 0 Å². The van der Waals surface area contributed by atoms with Gasteiger partial charge in [-0.3, -0.25) is 4.79 Å². The molecule has 0 radical (unpaired) electrons. The van der Waals surface area contributed by atoms with Crippen molar-refractivity contribution < 1.29 is 14.3 Å². The number of carbonyl (C=O) groups excluding carboxylic acids is 2. The molecule has 17 heavy (non-hydrogen) atoms. The van der Waals surface area contributed by atoms with E-state index in [4.69, 9.17) is 4.74 Å². The molecule has 1 N–H and O–H groups in total. The summed E-state index contributed by atoms with van der Waals surface area (Å²) in [6.45, 7) is 9.51. The first kappa shape index (κ1) is 13.7. The zero-order chi connectivity index (χ0) is 13.1. The summed E-state index contributed by atoms with van der Waals surface area (Å²) in [6, 6.07) is 0. The highest BCUT2D eigenvalue weighted by Crippen LogP contribution is 2.39. The molecule has 0 bridgehead atoms. The standard InChI is InChI=1S/C13H21NO3/c1-5-6-11(15)10-7-9(10)8-14-12(16)17-13(2,3)4/h5,9-10H,1,6-8H2,2-4H3,(H,14,16)/t9-,10-/m0/s1. The van der Waals surface area contributed by atoms with Crippen LogP contribution in [0.3, 0.4) is 0 Å². The topological polar surface area (TPSA) is 55.4 Å². The molecule has 1 rings (SSSR count). The summed E-state index contributed by atoms with van der Waals surface area (Å²) < 4.78 is 5.11. The van der Waals surface area contributed by atoms with Gasteiger partial charge in [-0.2, -0.15) is 0 Å². The summed E-state index contributed by atoms with van der Waals surface area (Å²) in [4.78, 5) is 22.8. The van der Waals surface area contributed by atoms with Crippen LogP contribution in [-0.4, -0.2) is 24.0 Å². The first-order valence-corrected chi connectivity index (χ1v) is 5.94. The summed E-state index contributed by atoms with van der Waals surface area (Å²) in [5.74, 6) is 0.592. The van der Waals surface area contributed by atoms with Gasteiger partial charge in [0.1, 0.15) is 11.4 Å². The minimum atomic E-state index is -0.480. The Hall–Kier alpha value is -1.32. The maximum absolute atomic E-state index is 11.5. The van der Waals surface area contributed by atoms with Gasteiger partial charge in [0.15, 0.2) is 0 Å². The van der Waals surface area contributed by atoms with E-state index in [0.717, 1.165) is 6.42 Å². The van der Waals surface area contributed by atoms with Crippen molar-refractivity contribution in [3.8, 4) is 0 Å². The first-order chi connectivity index (χ1) is 7.83.